The summed E-state index contributed by atoms with van der Waals surface area (Å²) in [6.45, 7) is 4.08. The maximum Gasteiger partial charge on any atom is 0.248 e. The maximum absolute atomic E-state index is 13.2. The first-order valence-corrected chi connectivity index (χ1v) is 7.64. The number of hydrogen-bond donors (Lipinski definition) is 1. The van der Waals surface area contributed by atoms with E-state index in [1.807, 2.05) is 31.2 Å². The molecule has 1 unspecified atom stereocenters. The second kappa shape index (κ2) is 7.12. The van der Waals surface area contributed by atoms with Gasteiger partial charge in [-0.15, -0.1) is 0 Å². The quantitative estimate of drug-likeness (QED) is 0.732. The fourth-order valence-corrected chi connectivity index (χ4v) is 2.28. The van der Waals surface area contributed by atoms with Gasteiger partial charge in [-0.25, -0.2) is 4.39 Å². The molecule has 0 amide bonds. The lowest BCUT2D eigenvalue weighted by Crippen LogP contribution is -2.07. The van der Waals surface area contributed by atoms with Gasteiger partial charge in [0, 0.05) is 11.8 Å². The highest BCUT2D eigenvalue weighted by molar-refractivity contribution is 5.46. The van der Waals surface area contributed by atoms with Crippen LogP contribution >= 0.6 is 0 Å². The molecule has 0 fully saturated rings. The number of aromatic nitrogens is 2. The van der Waals surface area contributed by atoms with Gasteiger partial charge in [-0.3, -0.25) is 0 Å². The summed E-state index contributed by atoms with van der Waals surface area (Å²) in [7, 11) is 0. The third-order valence-corrected chi connectivity index (χ3v) is 3.43. The average molecular weight is 327 g/mol. The summed E-state index contributed by atoms with van der Waals surface area (Å²) < 4.78 is 23.9. The first-order valence-electron chi connectivity index (χ1n) is 7.64. The predicted octanol–water partition coefficient (Wildman–Crippen LogP) is 4.27. The lowest BCUT2D eigenvalue weighted by Gasteiger charge is -2.13. The van der Waals surface area contributed by atoms with E-state index >= 15 is 0 Å². The highest BCUT2D eigenvalue weighted by Gasteiger charge is 2.12. The third-order valence-electron chi connectivity index (χ3n) is 3.43. The molecule has 0 aliphatic heterocycles. The molecule has 1 heterocycles. The molecule has 0 saturated heterocycles. The van der Waals surface area contributed by atoms with Crippen LogP contribution in [-0.2, 0) is 6.61 Å². The van der Waals surface area contributed by atoms with Crippen LogP contribution in [0.4, 0.5) is 10.1 Å². The second-order valence-electron chi connectivity index (χ2n) is 5.49. The predicted molar refractivity (Wildman–Crippen MR) is 88.2 cm³/mol. The minimum atomic E-state index is -0.313. The number of nitrogens with one attached hydrogen (secondary N) is 1. The van der Waals surface area contributed by atoms with Crippen molar-refractivity contribution in [1.82, 2.24) is 10.1 Å². The molecule has 1 N–H and O–H groups in total. The molecule has 3 rings (SSSR count). The Morgan fingerprint density at radius 1 is 1.21 bits per heavy atom. The van der Waals surface area contributed by atoms with Crippen molar-refractivity contribution in [2.24, 2.45) is 0 Å². The van der Waals surface area contributed by atoms with Gasteiger partial charge in [-0.2, -0.15) is 4.98 Å². The third kappa shape index (κ3) is 4.10. The highest BCUT2D eigenvalue weighted by Crippen LogP contribution is 2.20. The monoisotopic (exact) mass is 327 g/mol. The minimum Gasteiger partial charge on any atom is -0.489 e. The highest BCUT2D eigenvalue weighted by atomic mass is 19.1. The van der Waals surface area contributed by atoms with E-state index < -0.39 is 0 Å². The Balaban J connectivity index is 1.63. The summed E-state index contributed by atoms with van der Waals surface area (Å²) in [5.74, 6) is 1.33. The number of nitrogens with zero attached hydrogens (tertiary/aromatic N) is 2. The van der Waals surface area contributed by atoms with Gasteiger partial charge in [0.05, 0.1) is 0 Å². The van der Waals surface area contributed by atoms with Crippen LogP contribution < -0.4 is 10.1 Å². The number of rotatable bonds is 6. The summed E-state index contributed by atoms with van der Waals surface area (Å²) in [5.41, 5.74) is 1.89. The Bertz CT molecular complexity index is 819. The van der Waals surface area contributed by atoms with E-state index in [1.54, 1.807) is 19.1 Å². The van der Waals surface area contributed by atoms with Crippen molar-refractivity contribution in [2.75, 3.05) is 5.32 Å². The molecular formula is C18H18FN3O2. The number of anilines is 1. The van der Waals surface area contributed by atoms with Gasteiger partial charge in [0.25, 0.3) is 0 Å². The fourth-order valence-electron chi connectivity index (χ4n) is 2.28. The molecule has 1 aromatic heterocycles. The summed E-state index contributed by atoms with van der Waals surface area (Å²) >= 11 is 0. The smallest absolute Gasteiger partial charge is 0.248 e. The first-order chi connectivity index (χ1) is 11.6. The van der Waals surface area contributed by atoms with Crippen LogP contribution in [0.2, 0.25) is 0 Å². The van der Waals surface area contributed by atoms with Crippen LogP contribution in [0.15, 0.2) is 53.1 Å². The van der Waals surface area contributed by atoms with Crippen LogP contribution in [-0.4, -0.2) is 10.1 Å². The number of ether oxygens (including phenoxy) is 1. The minimum absolute atomic E-state index is 0.106. The molecule has 124 valence electrons. The zero-order chi connectivity index (χ0) is 16.9. The Kier molecular flexibility index (Phi) is 4.74. The molecule has 5 nitrogen and oxygen atoms in total. The van der Waals surface area contributed by atoms with Gasteiger partial charge < -0.3 is 14.6 Å². The largest absolute Gasteiger partial charge is 0.489 e. The van der Waals surface area contributed by atoms with Gasteiger partial charge in [0.15, 0.2) is 5.82 Å². The van der Waals surface area contributed by atoms with Crippen molar-refractivity contribution in [3.63, 3.8) is 0 Å². The van der Waals surface area contributed by atoms with E-state index in [-0.39, 0.29) is 11.9 Å². The van der Waals surface area contributed by atoms with Gasteiger partial charge in [-0.1, -0.05) is 23.4 Å². The van der Waals surface area contributed by atoms with Crippen LogP contribution in [0.25, 0.3) is 0 Å². The molecule has 0 bridgehead atoms. The Morgan fingerprint density at radius 3 is 2.79 bits per heavy atom. The van der Waals surface area contributed by atoms with Crippen molar-refractivity contribution in [1.29, 1.82) is 0 Å². The molecule has 2 aromatic carbocycles. The Morgan fingerprint density at radius 2 is 2.04 bits per heavy atom. The molecule has 0 spiro atoms. The van der Waals surface area contributed by atoms with Gasteiger partial charge in [0.2, 0.25) is 5.89 Å². The van der Waals surface area contributed by atoms with Crippen molar-refractivity contribution < 1.29 is 13.7 Å². The summed E-state index contributed by atoms with van der Waals surface area (Å²) in [6.07, 6.45) is 0. The van der Waals surface area contributed by atoms with E-state index in [9.17, 15) is 4.39 Å². The zero-order valence-corrected chi connectivity index (χ0v) is 13.5. The van der Waals surface area contributed by atoms with Crippen LogP contribution in [0.5, 0.6) is 5.75 Å². The Labute approximate surface area is 139 Å². The van der Waals surface area contributed by atoms with Crippen LogP contribution in [0.3, 0.4) is 0 Å². The topological polar surface area (TPSA) is 60.2 Å². The van der Waals surface area contributed by atoms with Crippen molar-refractivity contribution in [3.05, 3.63) is 71.6 Å². The van der Waals surface area contributed by atoms with E-state index in [0.29, 0.717) is 24.1 Å². The Hall–Kier alpha value is -2.89. The normalized spacial score (nSPS) is 12.0. The number of hydrogen-bond acceptors (Lipinski definition) is 5. The van der Waals surface area contributed by atoms with Crippen LogP contribution in [0.1, 0.15) is 30.2 Å². The van der Waals surface area contributed by atoms with Gasteiger partial charge >= 0.3 is 0 Å². The van der Waals surface area contributed by atoms with Gasteiger partial charge in [-0.05, 0) is 43.7 Å². The summed E-state index contributed by atoms with van der Waals surface area (Å²) in [5, 5.41) is 7.10. The molecular weight excluding hydrogens is 309 g/mol. The fraction of sp³-hybridized carbons (Fsp3) is 0.222. The average Bonchev–Trinajstić information content (AvgIpc) is 3.00. The molecule has 0 aliphatic rings. The molecule has 6 heteroatoms. The molecule has 24 heavy (non-hydrogen) atoms. The molecule has 0 saturated carbocycles. The lowest BCUT2D eigenvalue weighted by atomic mass is 10.2. The molecule has 0 aliphatic carbocycles. The molecule has 3 aromatic rings. The standard InChI is InChI=1S/C18H18FN3O2/c1-12(18-21-13(2)22-24-18)20-16-7-3-5-14(9-16)11-23-17-8-4-6-15(19)10-17/h3-10,12,20H,11H2,1-2H3. The van der Waals surface area contributed by atoms with Crippen molar-refractivity contribution in [2.45, 2.75) is 26.5 Å². The first kappa shape index (κ1) is 16.0. The molecule has 1 atom stereocenters. The van der Waals surface area contributed by atoms with E-state index in [0.717, 1.165) is 11.3 Å². The second-order valence-corrected chi connectivity index (χ2v) is 5.49. The summed E-state index contributed by atoms with van der Waals surface area (Å²) in [6, 6.07) is 13.8. The SMILES string of the molecule is Cc1noc(C(C)Nc2cccc(COc3cccc(F)c3)c2)n1. The lowest BCUT2D eigenvalue weighted by molar-refractivity contribution is 0.304. The maximum atomic E-state index is 13.2. The van der Waals surface area contributed by atoms with E-state index in [2.05, 4.69) is 15.5 Å². The van der Waals surface area contributed by atoms with E-state index in [1.165, 1.54) is 12.1 Å². The van der Waals surface area contributed by atoms with E-state index in [4.69, 9.17) is 9.26 Å². The zero-order valence-electron chi connectivity index (χ0n) is 13.5. The van der Waals surface area contributed by atoms with Crippen molar-refractivity contribution in [3.8, 4) is 5.75 Å². The number of aryl methyl sites for hydroxylation is 1. The number of halogens is 1. The van der Waals surface area contributed by atoms with Crippen LogP contribution in [0, 0.1) is 12.7 Å². The van der Waals surface area contributed by atoms with Gasteiger partial charge in [0.1, 0.15) is 24.2 Å². The number of benzene rings is 2. The summed E-state index contributed by atoms with van der Waals surface area (Å²) in [4.78, 5) is 4.21. The van der Waals surface area contributed by atoms with Crippen molar-refractivity contribution >= 4 is 5.69 Å². The molecule has 0 radical (unpaired) electrons.